The zero-order valence-electron chi connectivity index (χ0n) is 5.29. The Morgan fingerprint density at radius 3 is 2.40 bits per heavy atom. The highest BCUT2D eigenvalue weighted by Crippen LogP contribution is 2.33. The van der Waals surface area contributed by atoms with E-state index >= 15 is 0 Å². The van der Waals surface area contributed by atoms with E-state index in [-0.39, 0.29) is 21.5 Å². The summed E-state index contributed by atoms with van der Waals surface area (Å²) in [6.45, 7) is 1.33. The Kier molecular flexibility index (Phi) is 1.63. The molecular weight excluding hydrogens is 152 g/mol. The number of carbonyl (C=O) groups excluding carboxylic acids is 1. The lowest BCUT2D eigenvalue weighted by Gasteiger charge is -1.86. The van der Waals surface area contributed by atoms with Crippen LogP contribution in [0.15, 0.2) is 6.07 Å². The molecule has 1 aromatic heterocycles. The highest BCUT2D eigenvalue weighted by Gasteiger charge is 2.10. The number of ketones is 1. The molecule has 0 saturated carbocycles. The number of hydrogen-bond donors (Lipinski definition) is 2. The van der Waals surface area contributed by atoms with Gasteiger partial charge in [-0.2, -0.15) is 0 Å². The molecule has 0 aliphatic rings. The second-order valence-corrected chi connectivity index (χ2v) is 2.87. The quantitative estimate of drug-likeness (QED) is 0.607. The topological polar surface area (TPSA) is 57.5 Å². The maximum atomic E-state index is 10.6. The summed E-state index contributed by atoms with van der Waals surface area (Å²) in [5.74, 6) is -0.242. The molecule has 0 saturated heterocycles. The van der Waals surface area contributed by atoms with Crippen molar-refractivity contribution in [1.29, 1.82) is 0 Å². The van der Waals surface area contributed by atoms with Crippen LogP contribution in [0.4, 0.5) is 0 Å². The van der Waals surface area contributed by atoms with Crippen LogP contribution in [0.3, 0.4) is 0 Å². The van der Waals surface area contributed by atoms with Gasteiger partial charge in [0.2, 0.25) is 0 Å². The molecule has 0 spiro atoms. The second kappa shape index (κ2) is 2.30. The summed E-state index contributed by atoms with van der Waals surface area (Å²) in [5, 5.41) is 17.6. The molecule has 2 N–H and O–H groups in total. The van der Waals surface area contributed by atoms with E-state index in [0.29, 0.717) is 0 Å². The van der Waals surface area contributed by atoms with Crippen LogP contribution >= 0.6 is 11.3 Å². The van der Waals surface area contributed by atoms with Gasteiger partial charge in [0.25, 0.3) is 0 Å². The van der Waals surface area contributed by atoms with E-state index in [1.807, 2.05) is 0 Å². The largest absolute Gasteiger partial charge is 0.499 e. The lowest BCUT2D eigenvalue weighted by molar-refractivity contribution is 0.101. The van der Waals surface area contributed by atoms with Crippen molar-refractivity contribution in [2.24, 2.45) is 0 Å². The molecule has 0 aromatic carbocycles. The summed E-state index contributed by atoms with van der Waals surface area (Å²) < 4.78 is 0. The Morgan fingerprint density at radius 1 is 1.60 bits per heavy atom. The predicted molar refractivity (Wildman–Crippen MR) is 37.7 cm³/mol. The summed E-state index contributed by atoms with van der Waals surface area (Å²) in [4.78, 5) is 10.6. The lowest BCUT2D eigenvalue weighted by atomic mass is 10.2. The predicted octanol–water partition coefficient (Wildman–Crippen LogP) is 1.36. The Hall–Kier alpha value is -1.03. The normalized spacial score (nSPS) is 9.70. The monoisotopic (exact) mass is 158 g/mol. The minimum Gasteiger partial charge on any atom is -0.499 e. The third kappa shape index (κ3) is 1.11. The molecule has 4 heteroatoms. The number of Topliss-reactive ketones (excluding diaryl/α,β-unsaturated/α-hetero) is 1. The Labute approximate surface area is 61.6 Å². The molecule has 0 radical (unpaired) electrons. The summed E-state index contributed by atoms with van der Waals surface area (Å²) in [6.07, 6.45) is 0. The lowest BCUT2D eigenvalue weighted by Crippen LogP contribution is -1.86. The van der Waals surface area contributed by atoms with Gasteiger partial charge in [-0.15, -0.1) is 0 Å². The molecule has 0 amide bonds. The fourth-order valence-electron chi connectivity index (χ4n) is 0.621. The van der Waals surface area contributed by atoms with Gasteiger partial charge in [0.1, 0.15) is 0 Å². The van der Waals surface area contributed by atoms with E-state index in [1.54, 1.807) is 0 Å². The van der Waals surface area contributed by atoms with E-state index in [4.69, 9.17) is 10.2 Å². The third-order valence-electron chi connectivity index (χ3n) is 1.08. The molecule has 3 nitrogen and oxygen atoms in total. The van der Waals surface area contributed by atoms with Crippen LogP contribution in [-0.2, 0) is 0 Å². The smallest absolute Gasteiger partial charge is 0.185 e. The number of thiophene rings is 1. The maximum absolute atomic E-state index is 10.6. The van der Waals surface area contributed by atoms with Crippen LogP contribution in [0, 0.1) is 0 Å². The summed E-state index contributed by atoms with van der Waals surface area (Å²) in [5.41, 5.74) is 0.183. The second-order valence-electron chi connectivity index (χ2n) is 1.86. The molecule has 1 heterocycles. The summed E-state index contributed by atoms with van der Waals surface area (Å²) in [6, 6.07) is 1.25. The first kappa shape index (κ1) is 7.08. The van der Waals surface area contributed by atoms with Crippen LogP contribution in [0.25, 0.3) is 0 Å². The first-order valence-corrected chi connectivity index (χ1v) is 3.45. The fourth-order valence-corrected chi connectivity index (χ4v) is 1.31. The molecule has 0 unspecified atom stereocenters. The van der Waals surface area contributed by atoms with Gasteiger partial charge in [0, 0.05) is 6.07 Å². The molecule has 1 rings (SSSR count). The van der Waals surface area contributed by atoms with Crippen LogP contribution in [0.2, 0.25) is 0 Å². The van der Waals surface area contributed by atoms with Crippen molar-refractivity contribution >= 4 is 17.1 Å². The zero-order chi connectivity index (χ0) is 7.72. The molecule has 54 valence electrons. The van der Waals surface area contributed by atoms with Crippen molar-refractivity contribution in [3.05, 3.63) is 11.6 Å². The average Bonchev–Trinajstić information content (AvgIpc) is 2.10. The van der Waals surface area contributed by atoms with Gasteiger partial charge in [-0.05, 0) is 6.92 Å². The first-order chi connectivity index (χ1) is 4.61. The van der Waals surface area contributed by atoms with Crippen LogP contribution in [0.5, 0.6) is 10.1 Å². The highest BCUT2D eigenvalue weighted by atomic mass is 32.1. The number of carbonyl (C=O) groups is 1. The van der Waals surface area contributed by atoms with E-state index < -0.39 is 0 Å². The van der Waals surface area contributed by atoms with E-state index in [2.05, 4.69) is 0 Å². The van der Waals surface area contributed by atoms with Gasteiger partial charge in [0.15, 0.2) is 15.9 Å². The van der Waals surface area contributed by atoms with E-state index in [9.17, 15) is 4.79 Å². The van der Waals surface area contributed by atoms with Gasteiger partial charge in [0.05, 0.1) is 5.56 Å². The average molecular weight is 158 g/mol. The van der Waals surface area contributed by atoms with E-state index in [1.165, 1.54) is 13.0 Å². The summed E-state index contributed by atoms with van der Waals surface area (Å²) in [7, 11) is 0. The minimum atomic E-state index is -0.242. The zero-order valence-corrected chi connectivity index (χ0v) is 6.10. The first-order valence-electron chi connectivity index (χ1n) is 2.64. The van der Waals surface area contributed by atoms with Crippen molar-refractivity contribution in [3.63, 3.8) is 0 Å². The molecule has 10 heavy (non-hydrogen) atoms. The van der Waals surface area contributed by atoms with Crippen LogP contribution in [0.1, 0.15) is 17.3 Å². The van der Waals surface area contributed by atoms with Crippen molar-refractivity contribution in [1.82, 2.24) is 0 Å². The molecule has 0 bridgehead atoms. The number of rotatable bonds is 1. The van der Waals surface area contributed by atoms with Crippen LogP contribution in [-0.4, -0.2) is 16.0 Å². The highest BCUT2D eigenvalue weighted by molar-refractivity contribution is 7.15. The summed E-state index contributed by atoms with van der Waals surface area (Å²) >= 11 is 0.788. The van der Waals surface area contributed by atoms with Crippen molar-refractivity contribution < 1.29 is 15.0 Å². The molecule has 0 aliphatic carbocycles. The standard InChI is InChI=1S/C6H6O3S/c1-3(7)4-2-5(8)10-6(4)9/h2,8-9H,1H3. The van der Waals surface area contributed by atoms with Crippen molar-refractivity contribution in [3.8, 4) is 10.1 Å². The third-order valence-corrected chi connectivity index (χ3v) is 1.82. The number of hydrogen-bond acceptors (Lipinski definition) is 4. The Morgan fingerprint density at radius 2 is 2.20 bits per heavy atom. The van der Waals surface area contributed by atoms with Crippen molar-refractivity contribution in [2.75, 3.05) is 0 Å². The van der Waals surface area contributed by atoms with E-state index in [0.717, 1.165) is 11.3 Å². The molecule has 0 atom stereocenters. The van der Waals surface area contributed by atoms with Gasteiger partial charge >= 0.3 is 0 Å². The van der Waals surface area contributed by atoms with Gasteiger partial charge in [-0.1, -0.05) is 11.3 Å². The van der Waals surface area contributed by atoms with Gasteiger partial charge < -0.3 is 10.2 Å². The molecular formula is C6H6O3S. The van der Waals surface area contributed by atoms with Crippen molar-refractivity contribution in [2.45, 2.75) is 6.92 Å². The molecule has 0 fully saturated rings. The Bertz CT molecular complexity index is 264. The Balaban J connectivity index is 3.15. The van der Waals surface area contributed by atoms with Gasteiger partial charge in [-0.25, -0.2) is 0 Å². The minimum absolute atomic E-state index is 0.0392. The molecule has 0 aliphatic heterocycles. The SMILES string of the molecule is CC(=O)c1cc(O)sc1O. The molecule has 1 aromatic rings. The maximum Gasteiger partial charge on any atom is 0.185 e. The fraction of sp³-hybridized carbons (Fsp3) is 0.167. The van der Waals surface area contributed by atoms with Gasteiger partial charge in [-0.3, -0.25) is 4.79 Å². The number of aromatic hydroxyl groups is 2. The van der Waals surface area contributed by atoms with Crippen LogP contribution < -0.4 is 0 Å².